The molecule has 0 bridgehead atoms. The molecule has 0 aromatic carbocycles. The predicted molar refractivity (Wildman–Crippen MR) is 28.3 cm³/mol. The van der Waals surface area contributed by atoms with Crippen LogP contribution in [0, 0.1) is 0 Å². The third kappa shape index (κ3) is 1.14. The van der Waals surface area contributed by atoms with E-state index in [1.807, 2.05) is 0 Å². The first-order valence-electron chi connectivity index (χ1n) is 2.74. The van der Waals surface area contributed by atoms with Gasteiger partial charge >= 0.3 is 0 Å². The van der Waals surface area contributed by atoms with Crippen LogP contribution < -0.4 is 5.32 Å². The van der Waals surface area contributed by atoms with E-state index in [0.29, 0.717) is 6.04 Å². The van der Waals surface area contributed by atoms with Crippen molar-refractivity contribution in [3.63, 3.8) is 0 Å². The minimum atomic E-state index is 0.657. The molecule has 1 heterocycles. The highest BCUT2D eigenvalue weighted by Crippen LogP contribution is 1.97. The van der Waals surface area contributed by atoms with Gasteiger partial charge in [0, 0.05) is 0 Å². The summed E-state index contributed by atoms with van der Waals surface area (Å²) in [5.41, 5.74) is 0. The first-order chi connectivity index (χ1) is 3.43. The maximum atomic E-state index is 4.92. The number of hydrogen-bond acceptors (Lipinski definition) is 2. The molecule has 1 N–H and O–H groups in total. The van der Waals surface area contributed by atoms with Crippen molar-refractivity contribution in [2.75, 3.05) is 19.8 Å². The van der Waals surface area contributed by atoms with Crippen LogP contribution in [0.5, 0.6) is 0 Å². The van der Waals surface area contributed by atoms with Crippen LogP contribution in [0.3, 0.4) is 0 Å². The van der Waals surface area contributed by atoms with Gasteiger partial charge in [0.15, 0.2) is 0 Å². The molecule has 2 heteroatoms. The van der Waals surface area contributed by atoms with Gasteiger partial charge in [-0.05, 0) is 6.54 Å². The Labute approximate surface area is 43.9 Å². The topological polar surface area (TPSA) is 21.3 Å². The van der Waals surface area contributed by atoms with Gasteiger partial charge in [0.05, 0.1) is 19.3 Å². The Hall–Kier alpha value is -0.0800. The molecule has 1 fully saturated rings. The van der Waals surface area contributed by atoms with Crippen LogP contribution in [0.1, 0.15) is 6.92 Å². The third-order valence-electron chi connectivity index (χ3n) is 1.13. The smallest absolute Gasteiger partial charge is 0.0643 e. The van der Waals surface area contributed by atoms with Gasteiger partial charge in [-0.15, -0.1) is 0 Å². The molecule has 1 aliphatic rings. The quantitative estimate of drug-likeness (QED) is 0.528. The van der Waals surface area contributed by atoms with E-state index in [-0.39, 0.29) is 0 Å². The molecule has 0 aromatic heterocycles. The van der Waals surface area contributed by atoms with E-state index >= 15 is 0 Å². The van der Waals surface area contributed by atoms with Crippen LogP contribution >= 0.6 is 0 Å². The fourth-order valence-corrected chi connectivity index (χ4v) is 0.642. The Balaban J connectivity index is 1.93. The van der Waals surface area contributed by atoms with Crippen molar-refractivity contribution >= 4 is 0 Å². The number of likely N-dealkylation sites (N-methyl/N-ethyl adjacent to an activating group) is 1. The summed E-state index contributed by atoms with van der Waals surface area (Å²) >= 11 is 0. The summed E-state index contributed by atoms with van der Waals surface area (Å²) < 4.78 is 4.92. The minimum Gasteiger partial charge on any atom is -0.378 e. The zero-order chi connectivity index (χ0) is 5.11. The molecule has 0 aromatic rings. The predicted octanol–water partition coefficient (Wildman–Crippen LogP) is -0.00530. The number of hydrogen-bond donors (Lipinski definition) is 1. The summed E-state index contributed by atoms with van der Waals surface area (Å²) in [5.74, 6) is 0. The minimum absolute atomic E-state index is 0.657. The summed E-state index contributed by atoms with van der Waals surface area (Å²) in [4.78, 5) is 0. The fraction of sp³-hybridized carbons (Fsp3) is 1.00. The SMILES string of the molecule is CCNC1COC1. The highest BCUT2D eigenvalue weighted by molar-refractivity contribution is 4.70. The Kier molecular flexibility index (Phi) is 1.65. The Bertz CT molecular complexity index is 52.0. The van der Waals surface area contributed by atoms with Crippen molar-refractivity contribution in [2.24, 2.45) is 0 Å². The number of rotatable bonds is 2. The lowest BCUT2D eigenvalue weighted by atomic mass is 10.3. The van der Waals surface area contributed by atoms with Gasteiger partial charge in [-0.25, -0.2) is 0 Å². The molecular formula is C5H11NO. The van der Waals surface area contributed by atoms with E-state index in [2.05, 4.69) is 12.2 Å². The van der Waals surface area contributed by atoms with Crippen molar-refractivity contribution in [2.45, 2.75) is 13.0 Å². The van der Waals surface area contributed by atoms with Crippen LogP contribution in [0.15, 0.2) is 0 Å². The van der Waals surface area contributed by atoms with Gasteiger partial charge in [0.2, 0.25) is 0 Å². The van der Waals surface area contributed by atoms with E-state index in [4.69, 9.17) is 4.74 Å². The zero-order valence-corrected chi connectivity index (χ0v) is 4.61. The lowest BCUT2D eigenvalue weighted by Crippen LogP contribution is -2.45. The molecule has 0 spiro atoms. The van der Waals surface area contributed by atoms with E-state index in [9.17, 15) is 0 Å². The van der Waals surface area contributed by atoms with Crippen LogP contribution in [0.2, 0.25) is 0 Å². The molecule has 2 nitrogen and oxygen atoms in total. The first kappa shape index (κ1) is 5.06. The standard InChI is InChI=1S/C5H11NO/c1-2-6-5-3-7-4-5/h5-6H,2-4H2,1H3. The molecule has 0 atom stereocenters. The molecule has 42 valence electrons. The van der Waals surface area contributed by atoms with Gasteiger partial charge in [0.1, 0.15) is 0 Å². The highest BCUT2D eigenvalue weighted by Gasteiger charge is 2.15. The second-order valence-corrected chi connectivity index (χ2v) is 1.79. The maximum Gasteiger partial charge on any atom is 0.0643 e. The van der Waals surface area contributed by atoms with Crippen LogP contribution in [0.4, 0.5) is 0 Å². The van der Waals surface area contributed by atoms with Gasteiger partial charge in [0.25, 0.3) is 0 Å². The molecule has 1 saturated heterocycles. The largest absolute Gasteiger partial charge is 0.378 e. The fourth-order valence-electron chi connectivity index (χ4n) is 0.642. The van der Waals surface area contributed by atoms with Gasteiger partial charge in [-0.2, -0.15) is 0 Å². The monoisotopic (exact) mass is 101 g/mol. The van der Waals surface area contributed by atoms with Crippen LogP contribution in [-0.4, -0.2) is 25.8 Å². The zero-order valence-electron chi connectivity index (χ0n) is 4.61. The summed E-state index contributed by atoms with van der Waals surface area (Å²) in [5, 5.41) is 3.26. The second-order valence-electron chi connectivity index (χ2n) is 1.79. The first-order valence-corrected chi connectivity index (χ1v) is 2.74. The molecule has 0 amide bonds. The Morgan fingerprint density at radius 1 is 1.71 bits per heavy atom. The normalized spacial score (nSPS) is 21.9. The third-order valence-corrected chi connectivity index (χ3v) is 1.13. The maximum absolute atomic E-state index is 4.92. The summed E-state index contributed by atoms with van der Waals surface area (Å²) in [7, 11) is 0. The molecule has 1 aliphatic heterocycles. The average molecular weight is 101 g/mol. The second kappa shape index (κ2) is 2.28. The lowest BCUT2D eigenvalue weighted by molar-refractivity contribution is -0.00418. The number of nitrogens with one attached hydrogen (secondary N) is 1. The van der Waals surface area contributed by atoms with E-state index in [1.165, 1.54) is 0 Å². The Morgan fingerprint density at radius 3 is 2.57 bits per heavy atom. The highest BCUT2D eigenvalue weighted by atomic mass is 16.5. The average Bonchev–Trinajstić information content (AvgIpc) is 1.55. The molecule has 0 aliphatic carbocycles. The van der Waals surface area contributed by atoms with E-state index in [0.717, 1.165) is 19.8 Å². The summed E-state index contributed by atoms with van der Waals surface area (Å²) in [6.45, 7) is 4.99. The summed E-state index contributed by atoms with van der Waals surface area (Å²) in [6.07, 6.45) is 0. The number of ether oxygens (including phenoxy) is 1. The van der Waals surface area contributed by atoms with Crippen molar-refractivity contribution in [1.82, 2.24) is 5.32 Å². The van der Waals surface area contributed by atoms with Crippen LogP contribution in [-0.2, 0) is 4.74 Å². The lowest BCUT2D eigenvalue weighted by Gasteiger charge is -2.26. The van der Waals surface area contributed by atoms with E-state index < -0.39 is 0 Å². The molecule has 0 radical (unpaired) electrons. The van der Waals surface area contributed by atoms with Gasteiger partial charge < -0.3 is 10.1 Å². The van der Waals surface area contributed by atoms with Gasteiger partial charge in [-0.1, -0.05) is 6.92 Å². The molecule has 7 heavy (non-hydrogen) atoms. The Morgan fingerprint density at radius 2 is 2.43 bits per heavy atom. The van der Waals surface area contributed by atoms with Crippen molar-refractivity contribution in [3.05, 3.63) is 0 Å². The molecule has 0 saturated carbocycles. The molecule has 1 rings (SSSR count). The molecule has 0 unspecified atom stereocenters. The van der Waals surface area contributed by atoms with Crippen molar-refractivity contribution in [1.29, 1.82) is 0 Å². The van der Waals surface area contributed by atoms with Crippen molar-refractivity contribution in [3.8, 4) is 0 Å². The van der Waals surface area contributed by atoms with Crippen molar-refractivity contribution < 1.29 is 4.74 Å². The summed E-state index contributed by atoms with van der Waals surface area (Å²) in [6, 6.07) is 0.657. The van der Waals surface area contributed by atoms with Crippen LogP contribution in [0.25, 0.3) is 0 Å². The molecular weight excluding hydrogens is 90.1 g/mol. The van der Waals surface area contributed by atoms with Gasteiger partial charge in [-0.3, -0.25) is 0 Å². The van der Waals surface area contributed by atoms with E-state index in [1.54, 1.807) is 0 Å².